The molecule has 11 heteroatoms. The average Bonchev–Trinajstić information content (AvgIpc) is 0.745. The van der Waals surface area contributed by atoms with E-state index in [1.165, 1.54) is 59.6 Å². The van der Waals surface area contributed by atoms with Crippen LogP contribution < -0.4 is 0 Å². The summed E-state index contributed by atoms with van der Waals surface area (Å²) in [6.07, 6.45) is 3.59. The number of aromatic nitrogens is 11. The van der Waals surface area contributed by atoms with Crippen molar-refractivity contribution in [3.05, 3.63) is 492 Å². The molecular weight excluding hydrogens is 1680 g/mol. The van der Waals surface area contributed by atoms with Gasteiger partial charge in [0.25, 0.3) is 0 Å². The highest BCUT2D eigenvalue weighted by Crippen LogP contribution is 2.45. The Hall–Kier alpha value is -18.7. The molecule has 8 heterocycles. The van der Waals surface area contributed by atoms with Gasteiger partial charge in [-0.25, -0.2) is 44.9 Å². The van der Waals surface area contributed by atoms with Gasteiger partial charge < -0.3 is 0 Å². The van der Waals surface area contributed by atoms with Gasteiger partial charge in [0, 0.05) is 117 Å². The van der Waals surface area contributed by atoms with Crippen molar-refractivity contribution in [1.29, 1.82) is 0 Å². The molecular formula is C127H81N11. The van der Waals surface area contributed by atoms with E-state index >= 15 is 0 Å². The van der Waals surface area contributed by atoms with Crippen LogP contribution in [0.5, 0.6) is 0 Å². The van der Waals surface area contributed by atoms with Crippen molar-refractivity contribution in [1.82, 2.24) is 54.8 Å². The van der Waals surface area contributed by atoms with Crippen molar-refractivity contribution in [3.8, 4) is 158 Å². The van der Waals surface area contributed by atoms with Gasteiger partial charge in [0.1, 0.15) is 0 Å². The van der Waals surface area contributed by atoms with Crippen LogP contribution in [-0.4, -0.2) is 54.8 Å². The molecule has 0 amide bonds. The fraction of sp³-hybridized carbons (Fsp3) is 0. The van der Waals surface area contributed by atoms with E-state index in [0.717, 1.165) is 178 Å². The Morgan fingerprint density at radius 2 is 0.370 bits per heavy atom. The highest BCUT2D eigenvalue weighted by Gasteiger charge is 2.23. The highest BCUT2D eigenvalue weighted by atomic mass is 14.9. The molecule has 0 aliphatic rings. The number of rotatable bonds is 14. The average molecular weight is 1760 g/mol. The molecule has 0 atom stereocenters. The van der Waals surface area contributed by atoms with Crippen LogP contribution in [0.2, 0.25) is 0 Å². The molecule has 11 nitrogen and oxygen atoms in total. The number of para-hydroxylation sites is 3. The Kier molecular flexibility index (Phi) is 21.8. The topological polar surface area (TPSA) is 142 Å². The molecule has 0 spiro atoms. The first-order valence-electron chi connectivity index (χ1n) is 46.2. The maximum absolute atomic E-state index is 5.25. The molecule has 0 saturated carbocycles. The standard InChI is InChI=1S/C45H29N3.C44H28N4.C38H24N4/c1-3-13-30(14-4-1)33-18-11-19-34(27-33)41-29-42(48-45(47-41)32-16-5-2-6-17-32)35-20-12-21-36(28-35)44-39-26-25-31-15-7-8-22-37(31)43(39)38-23-9-10-24-40(38)46-44;1-2-11-29(12-3-1)30-20-22-32(23-21-30)44-47-40(28-41(48-44)39-19-8-9-26-45-39)33-14-10-15-34(27-33)43-37-25-24-31-13-4-5-16-35(31)42(37)36-17-6-7-18-38(36)46-43;1-2-12-26(13-3-1)38-41-34(24-35(42-38)33-19-8-9-22-39-33)27-14-10-15-28(23-27)37-31-21-20-25-11-4-5-16-29(25)36(31)30-17-6-7-18-32(30)40-37/h1-29H;1-28H;1-24H. The largest absolute Gasteiger partial charge is 0.255 e. The zero-order valence-electron chi connectivity index (χ0n) is 74.7. The van der Waals surface area contributed by atoms with Crippen LogP contribution in [0.15, 0.2) is 492 Å². The predicted octanol–water partition coefficient (Wildman–Crippen LogP) is 32.1. The van der Waals surface area contributed by atoms with E-state index in [2.05, 4.69) is 380 Å². The van der Waals surface area contributed by atoms with Crippen molar-refractivity contribution < 1.29 is 0 Å². The number of hydrogen-bond donors (Lipinski definition) is 0. The SMILES string of the molecule is c1ccc(-c2ccc(-c3nc(-c4cccc(-c5nc6ccccc6c6c5ccc5ccccc56)c4)cc(-c4ccccn4)n3)cc2)cc1.c1ccc(-c2cccc(-c3cc(-c4cccc(-c5nc6ccccc6c6c5ccc5ccccc56)c4)nc(-c4ccccc4)n3)c2)cc1.c1ccc(-c2nc(-c3cccc(-c4nc5ccccc5c5c4ccc4ccccc45)c3)cc(-c3ccccn3)n2)cc1. The molecule has 8 aromatic heterocycles. The monoisotopic (exact) mass is 1760 g/mol. The van der Waals surface area contributed by atoms with Gasteiger partial charge in [0.05, 0.1) is 79.2 Å². The maximum atomic E-state index is 5.25. The van der Waals surface area contributed by atoms with E-state index in [9.17, 15) is 0 Å². The third-order valence-electron chi connectivity index (χ3n) is 25.7. The second-order valence-electron chi connectivity index (χ2n) is 34.2. The molecule has 0 aliphatic carbocycles. The first kappa shape index (κ1) is 82.4. The number of pyridine rings is 5. The summed E-state index contributed by atoms with van der Waals surface area (Å²) >= 11 is 0. The Bertz CT molecular complexity index is 9020. The summed E-state index contributed by atoms with van der Waals surface area (Å²) in [6.45, 7) is 0. The van der Waals surface area contributed by atoms with Gasteiger partial charge in [-0.15, -0.1) is 0 Å². The molecule has 0 aliphatic heterocycles. The number of benzene rings is 18. The van der Waals surface area contributed by atoms with Crippen molar-refractivity contribution in [3.63, 3.8) is 0 Å². The fourth-order valence-corrected chi connectivity index (χ4v) is 19.0. The quantitative estimate of drug-likeness (QED) is 0.0960. The highest BCUT2D eigenvalue weighted by molar-refractivity contribution is 6.25. The predicted molar refractivity (Wildman–Crippen MR) is 569 cm³/mol. The van der Waals surface area contributed by atoms with Crippen molar-refractivity contribution in [2.45, 2.75) is 0 Å². The molecule has 644 valence electrons. The smallest absolute Gasteiger partial charge is 0.160 e. The Morgan fingerprint density at radius 3 is 0.717 bits per heavy atom. The van der Waals surface area contributed by atoms with Gasteiger partial charge in [-0.1, -0.05) is 394 Å². The van der Waals surface area contributed by atoms with Crippen molar-refractivity contribution >= 4 is 97.3 Å². The summed E-state index contributed by atoms with van der Waals surface area (Å²) in [5.41, 5.74) is 27.0. The van der Waals surface area contributed by atoms with Crippen LogP contribution >= 0.6 is 0 Å². The van der Waals surface area contributed by atoms with Crippen LogP contribution in [-0.2, 0) is 0 Å². The van der Waals surface area contributed by atoms with E-state index in [-0.39, 0.29) is 0 Å². The second-order valence-corrected chi connectivity index (χ2v) is 34.2. The molecule has 0 saturated heterocycles. The van der Waals surface area contributed by atoms with Crippen LogP contribution in [0, 0.1) is 0 Å². The summed E-state index contributed by atoms with van der Waals surface area (Å²) in [5.74, 6) is 2.01. The summed E-state index contributed by atoms with van der Waals surface area (Å²) in [5, 5.41) is 17.9. The first-order chi connectivity index (χ1) is 68.4. The first-order valence-corrected chi connectivity index (χ1v) is 46.2. The lowest BCUT2D eigenvalue weighted by molar-refractivity contribution is 1.16. The van der Waals surface area contributed by atoms with Crippen LogP contribution in [0.4, 0.5) is 0 Å². The molecule has 26 aromatic rings. The van der Waals surface area contributed by atoms with E-state index in [1.807, 2.05) is 109 Å². The summed E-state index contributed by atoms with van der Waals surface area (Å²) in [7, 11) is 0. The lowest BCUT2D eigenvalue weighted by atomic mass is 9.94. The minimum atomic E-state index is 0.652. The zero-order chi connectivity index (χ0) is 91.6. The minimum absolute atomic E-state index is 0.652. The normalized spacial score (nSPS) is 11.3. The van der Waals surface area contributed by atoms with Gasteiger partial charge in [0.15, 0.2) is 17.5 Å². The Balaban J connectivity index is 0.000000113. The lowest BCUT2D eigenvalue weighted by Crippen LogP contribution is -1.97. The van der Waals surface area contributed by atoms with Crippen LogP contribution in [0.3, 0.4) is 0 Å². The third-order valence-corrected chi connectivity index (χ3v) is 25.7. The Labute approximate surface area is 796 Å². The molecule has 0 bridgehead atoms. The van der Waals surface area contributed by atoms with Crippen LogP contribution in [0.25, 0.3) is 255 Å². The molecule has 0 radical (unpaired) electrons. The lowest BCUT2D eigenvalue weighted by Gasteiger charge is -2.14. The summed E-state index contributed by atoms with van der Waals surface area (Å²) in [6, 6.07) is 166. The van der Waals surface area contributed by atoms with Gasteiger partial charge in [-0.2, -0.15) is 0 Å². The van der Waals surface area contributed by atoms with E-state index in [0.29, 0.717) is 17.5 Å². The molecule has 26 rings (SSSR count). The van der Waals surface area contributed by atoms with Crippen molar-refractivity contribution in [2.75, 3.05) is 0 Å². The molecule has 0 unspecified atom stereocenters. The van der Waals surface area contributed by atoms with Gasteiger partial charge >= 0.3 is 0 Å². The fourth-order valence-electron chi connectivity index (χ4n) is 19.0. The van der Waals surface area contributed by atoms with E-state index in [4.69, 9.17) is 44.9 Å². The third kappa shape index (κ3) is 16.3. The summed E-state index contributed by atoms with van der Waals surface area (Å²) < 4.78 is 0. The van der Waals surface area contributed by atoms with Gasteiger partial charge in [-0.05, 0) is 140 Å². The number of nitrogens with zero attached hydrogens (tertiary/aromatic N) is 11. The maximum Gasteiger partial charge on any atom is 0.160 e. The van der Waals surface area contributed by atoms with Gasteiger partial charge in [-0.3, -0.25) is 9.97 Å². The van der Waals surface area contributed by atoms with Crippen LogP contribution in [0.1, 0.15) is 0 Å². The minimum Gasteiger partial charge on any atom is -0.255 e. The van der Waals surface area contributed by atoms with E-state index < -0.39 is 0 Å². The molecule has 0 N–H and O–H groups in total. The molecule has 0 fully saturated rings. The van der Waals surface area contributed by atoms with E-state index in [1.54, 1.807) is 12.4 Å². The Morgan fingerprint density at radius 1 is 0.123 bits per heavy atom. The van der Waals surface area contributed by atoms with Gasteiger partial charge in [0.2, 0.25) is 0 Å². The second kappa shape index (κ2) is 36.5. The van der Waals surface area contributed by atoms with Crippen molar-refractivity contribution in [2.24, 2.45) is 0 Å². The molecule has 18 aromatic carbocycles. The summed E-state index contributed by atoms with van der Waals surface area (Å²) in [4.78, 5) is 55.2. The number of fused-ring (bicyclic) bond motifs is 15. The zero-order valence-corrected chi connectivity index (χ0v) is 74.7. The molecule has 138 heavy (non-hydrogen) atoms. The number of hydrogen-bond acceptors (Lipinski definition) is 11.